The van der Waals surface area contributed by atoms with E-state index in [1.807, 2.05) is 7.05 Å². The summed E-state index contributed by atoms with van der Waals surface area (Å²) >= 11 is 3.48. The summed E-state index contributed by atoms with van der Waals surface area (Å²) in [6, 6.07) is 8.83. The van der Waals surface area contributed by atoms with Crippen LogP contribution in [0.1, 0.15) is 12.2 Å². The highest BCUT2D eigenvalue weighted by atomic mass is 127. The first kappa shape index (κ1) is 20.0. The Morgan fingerprint density at radius 3 is 2.76 bits per heavy atom. The van der Waals surface area contributed by atoms with Gasteiger partial charge >= 0.3 is 0 Å². The van der Waals surface area contributed by atoms with Crippen molar-refractivity contribution in [3.8, 4) is 0 Å². The summed E-state index contributed by atoms with van der Waals surface area (Å²) in [5, 5.41) is 10.9. The summed E-state index contributed by atoms with van der Waals surface area (Å²) in [5.41, 5.74) is 1.25. The molecular weight excluding hydrogens is 497 g/mol. The quantitative estimate of drug-likeness (QED) is 0.368. The van der Waals surface area contributed by atoms with E-state index in [0.29, 0.717) is 12.6 Å². The summed E-state index contributed by atoms with van der Waals surface area (Å²) < 4.78 is 2.86. The highest BCUT2D eigenvalue weighted by Gasteiger charge is 2.23. The van der Waals surface area contributed by atoms with Crippen LogP contribution in [0.5, 0.6) is 0 Å². The van der Waals surface area contributed by atoms with Crippen LogP contribution < -0.4 is 15.5 Å². The van der Waals surface area contributed by atoms with Gasteiger partial charge in [0.2, 0.25) is 0 Å². The van der Waals surface area contributed by atoms with Gasteiger partial charge in [-0.3, -0.25) is 9.67 Å². The smallest absolute Gasteiger partial charge is 0.191 e. The van der Waals surface area contributed by atoms with Gasteiger partial charge in [0.05, 0.1) is 6.54 Å². The molecular formula is C16H23BrIN7. The van der Waals surface area contributed by atoms with Gasteiger partial charge in [0, 0.05) is 43.4 Å². The minimum absolute atomic E-state index is 0. The molecule has 136 valence electrons. The van der Waals surface area contributed by atoms with E-state index in [2.05, 4.69) is 70.8 Å². The Labute approximate surface area is 173 Å². The lowest BCUT2D eigenvalue weighted by molar-refractivity contribution is 0.632. The van der Waals surface area contributed by atoms with Gasteiger partial charge < -0.3 is 15.5 Å². The average Bonchev–Trinajstić information content (AvgIpc) is 3.21. The number of anilines is 1. The number of halogens is 2. The van der Waals surface area contributed by atoms with Crippen molar-refractivity contribution < 1.29 is 0 Å². The number of hydrogen-bond acceptors (Lipinski definition) is 4. The van der Waals surface area contributed by atoms with Crippen molar-refractivity contribution in [3.63, 3.8) is 0 Å². The molecule has 1 atom stereocenters. The number of hydrogen-bond donors (Lipinski definition) is 2. The standard InChI is InChI=1S/C16H22BrN7.HI/c1-18-16(19-9-15-20-11-21-23(15)2)22-13-7-8-24(10-13)14-5-3-12(17)4-6-14;/h3-6,11,13H,7-10H2,1-2H3,(H2,18,19,22);1H. The van der Waals surface area contributed by atoms with Crippen LogP contribution in [0.4, 0.5) is 5.69 Å². The Morgan fingerprint density at radius 1 is 1.36 bits per heavy atom. The predicted molar refractivity (Wildman–Crippen MR) is 115 cm³/mol. The van der Waals surface area contributed by atoms with Crippen molar-refractivity contribution in [1.82, 2.24) is 25.4 Å². The lowest BCUT2D eigenvalue weighted by Gasteiger charge is -2.20. The van der Waals surface area contributed by atoms with Crippen LogP contribution in [-0.4, -0.2) is 46.9 Å². The van der Waals surface area contributed by atoms with Crippen molar-refractivity contribution in [2.45, 2.75) is 19.0 Å². The molecule has 0 aliphatic carbocycles. The van der Waals surface area contributed by atoms with E-state index >= 15 is 0 Å². The number of aryl methyl sites for hydroxylation is 1. The van der Waals surface area contributed by atoms with Crippen LogP contribution in [0, 0.1) is 0 Å². The van der Waals surface area contributed by atoms with Gasteiger partial charge in [0.25, 0.3) is 0 Å². The third-order valence-corrected chi connectivity index (χ3v) is 4.69. The topological polar surface area (TPSA) is 70.4 Å². The first-order valence-corrected chi connectivity index (χ1v) is 8.75. The normalized spacial score (nSPS) is 17.3. The van der Waals surface area contributed by atoms with Crippen molar-refractivity contribution in [3.05, 3.63) is 40.9 Å². The highest BCUT2D eigenvalue weighted by molar-refractivity contribution is 14.0. The van der Waals surface area contributed by atoms with Crippen molar-refractivity contribution >= 4 is 51.6 Å². The van der Waals surface area contributed by atoms with E-state index in [0.717, 1.165) is 35.8 Å². The average molecular weight is 520 g/mol. The molecule has 1 unspecified atom stereocenters. The lowest BCUT2D eigenvalue weighted by Crippen LogP contribution is -2.44. The second-order valence-corrected chi connectivity index (χ2v) is 6.69. The van der Waals surface area contributed by atoms with Crippen molar-refractivity contribution in [1.29, 1.82) is 0 Å². The molecule has 2 heterocycles. The highest BCUT2D eigenvalue weighted by Crippen LogP contribution is 2.22. The first-order valence-electron chi connectivity index (χ1n) is 7.96. The molecule has 9 heteroatoms. The molecule has 2 aromatic rings. The maximum atomic E-state index is 4.30. The Balaban J connectivity index is 0.00000225. The fourth-order valence-electron chi connectivity index (χ4n) is 2.80. The maximum absolute atomic E-state index is 4.30. The molecule has 2 N–H and O–H groups in total. The number of aromatic nitrogens is 3. The Hall–Kier alpha value is -1.36. The molecule has 1 saturated heterocycles. The van der Waals surface area contributed by atoms with Gasteiger partial charge in [-0.05, 0) is 30.7 Å². The number of aliphatic imine (C=N–C) groups is 1. The molecule has 1 aromatic carbocycles. The molecule has 0 radical (unpaired) electrons. The van der Waals surface area contributed by atoms with Crippen LogP contribution in [0.3, 0.4) is 0 Å². The summed E-state index contributed by atoms with van der Waals surface area (Å²) in [7, 11) is 3.67. The molecule has 1 aliphatic rings. The van der Waals surface area contributed by atoms with Crippen LogP contribution >= 0.6 is 39.9 Å². The van der Waals surface area contributed by atoms with Gasteiger partial charge in [-0.2, -0.15) is 5.10 Å². The second kappa shape index (κ2) is 9.37. The summed E-state index contributed by atoms with van der Waals surface area (Å²) in [6.45, 7) is 2.60. The minimum Gasteiger partial charge on any atom is -0.369 e. The van der Waals surface area contributed by atoms with Gasteiger partial charge in [-0.15, -0.1) is 24.0 Å². The monoisotopic (exact) mass is 519 g/mol. The summed E-state index contributed by atoms with van der Waals surface area (Å²) in [5.74, 6) is 1.67. The zero-order valence-corrected chi connectivity index (χ0v) is 18.2. The molecule has 7 nitrogen and oxygen atoms in total. The first-order chi connectivity index (χ1) is 11.7. The molecule has 1 fully saturated rings. The molecule has 1 aromatic heterocycles. The van der Waals surface area contributed by atoms with E-state index in [4.69, 9.17) is 0 Å². The van der Waals surface area contributed by atoms with E-state index in [9.17, 15) is 0 Å². The SMILES string of the molecule is CN=C(NCc1ncnn1C)NC1CCN(c2ccc(Br)cc2)C1.I. The maximum Gasteiger partial charge on any atom is 0.191 e. The third kappa shape index (κ3) is 5.30. The number of nitrogens with zero attached hydrogens (tertiary/aromatic N) is 5. The van der Waals surface area contributed by atoms with Crippen molar-refractivity contribution in [2.75, 3.05) is 25.0 Å². The molecule has 25 heavy (non-hydrogen) atoms. The van der Waals surface area contributed by atoms with Crippen LogP contribution in [-0.2, 0) is 13.6 Å². The summed E-state index contributed by atoms with van der Waals surface area (Å²) in [6.07, 6.45) is 2.64. The molecule has 0 spiro atoms. The fraction of sp³-hybridized carbons (Fsp3) is 0.438. The Bertz CT molecular complexity index is 701. The number of benzene rings is 1. The number of rotatable bonds is 4. The van der Waals surface area contributed by atoms with E-state index < -0.39 is 0 Å². The zero-order valence-electron chi connectivity index (χ0n) is 14.3. The molecule has 0 saturated carbocycles. The van der Waals surface area contributed by atoms with E-state index in [-0.39, 0.29) is 24.0 Å². The molecule has 1 aliphatic heterocycles. The van der Waals surface area contributed by atoms with E-state index in [1.165, 1.54) is 5.69 Å². The van der Waals surface area contributed by atoms with Gasteiger partial charge in [-0.1, -0.05) is 15.9 Å². The zero-order chi connectivity index (χ0) is 16.9. The van der Waals surface area contributed by atoms with Crippen LogP contribution in [0.2, 0.25) is 0 Å². The lowest BCUT2D eigenvalue weighted by atomic mass is 10.3. The molecule has 3 rings (SSSR count). The third-order valence-electron chi connectivity index (χ3n) is 4.16. The molecule has 0 bridgehead atoms. The van der Waals surface area contributed by atoms with Crippen LogP contribution in [0.25, 0.3) is 0 Å². The van der Waals surface area contributed by atoms with E-state index in [1.54, 1.807) is 18.1 Å². The van der Waals surface area contributed by atoms with Crippen molar-refractivity contribution in [2.24, 2.45) is 12.0 Å². The molecule has 0 amide bonds. The predicted octanol–water partition coefficient (Wildman–Crippen LogP) is 2.14. The largest absolute Gasteiger partial charge is 0.369 e. The second-order valence-electron chi connectivity index (χ2n) is 5.78. The number of nitrogens with one attached hydrogen (secondary N) is 2. The minimum atomic E-state index is 0. The van der Waals surface area contributed by atoms with Crippen LogP contribution in [0.15, 0.2) is 40.1 Å². The van der Waals surface area contributed by atoms with Gasteiger partial charge in [-0.25, -0.2) is 4.98 Å². The fourth-order valence-corrected chi connectivity index (χ4v) is 3.06. The summed E-state index contributed by atoms with van der Waals surface area (Å²) in [4.78, 5) is 10.9. The van der Waals surface area contributed by atoms with Gasteiger partial charge in [0.15, 0.2) is 5.96 Å². The Kier molecular flexibility index (Phi) is 7.48. The van der Waals surface area contributed by atoms with Gasteiger partial charge in [0.1, 0.15) is 12.2 Å². The number of guanidine groups is 1. The Morgan fingerprint density at radius 2 is 2.12 bits per heavy atom.